The quantitative estimate of drug-likeness (QED) is 0.855. The summed E-state index contributed by atoms with van der Waals surface area (Å²) in [5, 5.41) is 2.88. The summed E-state index contributed by atoms with van der Waals surface area (Å²) in [6, 6.07) is 7.67. The molecule has 1 aromatic rings. The van der Waals surface area contributed by atoms with Crippen LogP contribution in [-0.4, -0.2) is 18.3 Å². The van der Waals surface area contributed by atoms with Crippen LogP contribution < -0.4 is 10.1 Å². The molecule has 1 aliphatic heterocycles. The second kappa shape index (κ2) is 5.49. The number of carbonyl (C=O) groups is 1. The van der Waals surface area contributed by atoms with Crippen molar-refractivity contribution in [1.29, 1.82) is 0 Å². The van der Waals surface area contributed by atoms with Gasteiger partial charge in [0.05, 0.1) is 6.61 Å². The molecule has 0 radical (unpaired) electrons. The second-order valence-electron chi connectivity index (χ2n) is 5.11. The van der Waals surface area contributed by atoms with Gasteiger partial charge in [0, 0.05) is 5.92 Å². The monoisotopic (exact) mass is 270 g/mol. The Balaban J connectivity index is 1.77. The normalized spacial score (nSPS) is 20.6. The van der Waals surface area contributed by atoms with Crippen LogP contribution in [0.25, 0.3) is 6.08 Å². The molecular formula is C16H18N2O2. The fraction of sp³-hybridized carbons (Fsp3) is 0.375. The van der Waals surface area contributed by atoms with Crippen molar-refractivity contribution in [3.05, 3.63) is 35.5 Å². The van der Waals surface area contributed by atoms with Crippen LogP contribution in [0.1, 0.15) is 31.7 Å². The van der Waals surface area contributed by atoms with Gasteiger partial charge in [0.15, 0.2) is 0 Å². The predicted octanol–water partition coefficient (Wildman–Crippen LogP) is 2.75. The Morgan fingerprint density at radius 3 is 2.70 bits per heavy atom. The SMILES string of the molecule is CCOc1ccc(/C=C2/N=C(C3CCC3)NC2=O)cc1. The second-order valence-corrected chi connectivity index (χ2v) is 5.11. The smallest absolute Gasteiger partial charge is 0.275 e. The molecule has 1 N–H and O–H groups in total. The van der Waals surface area contributed by atoms with Crippen molar-refractivity contribution in [2.75, 3.05) is 6.61 Å². The fourth-order valence-electron chi connectivity index (χ4n) is 2.35. The van der Waals surface area contributed by atoms with Crippen molar-refractivity contribution >= 4 is 17.8 Å². The van der Waals surface area contributed by atoms with E-state index in [1.54, 1.807) is 0 Å². The van der Waals surface area contributed by atoms with Crippen molar-refractivity contribution in [3.63, 3.8) is 0 Å². The molecule has 1 saturated carbocycles. The first-order valence-electron chi connectivity index (χ1n) is 7.11. The molecule has 0 unspecified atom stereocenters. The van der Waals surface area contributed by atoms with Crippen LogP contribution in [0.3, 0.4) is 0 Å². The summed E-state index contributed by atoms with van der Waals surface area (Å²) >= 11 is 0. The Hall–Kier alpha value is -2.10. The van der Waals surface area contributed by atoms with Crippen molar-refractivity contribution < 1.29 is 9.53 Å². The summed E-state index contributed by atoms with van der Waals surface area (Å²) in [5.41, 5.74) is 1.45. The van der Waals surface area contributed by atoms with Crippen LogP contribution in [-0.2, 0) is 4.79 Å². The lowest BCUT2D eigenvalue weighted by atomic mass is 9.84. The van der Waals surface area contributed by atoms with Gasteiger partial charge in [0.25, 0.3) is 5.91 Å². The summed E-state index contributed by atoms with van der Waals surface area (Å²) in [4.78, 5) is 16.3. The van der Waals surface area contributed by atoms with Gasteiger partial charge >= 0.3 is 0 Å². The molecule has 4 nitrogen and oxygen atoms in total. The highest BCUT2D eigenvalue weighted by molar-refractivity contribution is 6.15. The first-order chi connectivity index (χ1) is 9.76. The van der Waals surface area contributed by atoms with E-state index in [0.29, 0.717) is 18.2 Å². The Morgan fingerprint density at radius 1 is 1.35 bits per heavy atom. The molecule has 2 aliphatic rings. The molecule has 1 heterocycles. The molecule has 104 valence electrons. The van der Waals surface area contributed by atoms with Crippen molar-refractivity contribution in [1.82, 2.24) is 5.32 Å². The Labute approximate surface area is 118 Å². The molecule has 0 atom stereocenters. The standard InChI is InChI=1S/C16H18N2O2/c1-2-20-13-8-6-11(7-9-13)10-14-16(19)18-15(17-14)12-4-3-5-12/h6-10,12H,2-5H2,1H3,(H,17,18,19)/b14-10+. The summed E-state index contributed by atoms with van der Waals surface area (Å²) in [7, 11) is 0. The topological polar surface area (TPSA) is 50.7 Å². The fourth-order valence-corrected chi connectivity index (χ4v) is 2.35. The third kappa shape index (κ3) is 2.59. The van der Waals surface area contributed by atoms with Crippen molar-refractivity contribution in [2.45, 2.75) is 26.2 Å². The zero-order valence-corrected chi connectivity index (χ0v) is 11.6. The average Bonchev–Trinajstić information content (AvgIpc) is 2.71. The lowest BCUT2D eigenvalue weighted by Crippen LogP contribution is -2.33. The van der Waals surface area contributed by atoms with Crippen molar-refractivity contribution in [2.24, 2.45) is 10.9 Å². The van der Waals surface area contributed by atoms with E-state index in [4.69, 9.17) is 4.74 Å². The zero-order valence-electron chi connectivity index (χ0n) is 11.6. The molecule has 20 heavy (non-hydrogen) atoms. The molecule has 4 heteroatoms. The number of amidine groups is 1. The van der Waals surface area contributed by atoms with Gasteiger partial charge in [-0.3, -0.25) is 4.79 Å². The minimum atomic E-state index is -0.0965. The van der Waals surface area contributed by atoms with E-state index in [9.17, 15) is 4.79 Å². The van der Waals surface area contributed by atoms with E-state index in [0.717, 1.165) is 30.0 Å². The average molecular weight is 270 g/mol. The van der Waals surface area contributed by atoms with E-state index in [1.807, 2.05) is 37.3 Å². The first kappa shape index (κ1) is 12.9. The van der Waals surface area contributed by atoms with Gasteiger partial charge < -0.3 is 10.1 Å². The minimum Gasteiger partial charge on any atom is -0.494 e. The van der Waals surface area contributed by atoms with Crippen LogP contribution in [0.4, 0.5) is 0 Å². The molecule has 1 fully saturated rings. The van der Waals surface area contributed by atoms with Gasteiger partial charge in [0.2, 0.25) is 0 Å². The van der Waals surface area contributed by atoms with Crippen LogP contribution in [0.2, 0.25) is 0 Å². The molecule has 0 spiro atoms. The molecule has 1 aromatic carbocycles. The zero-order chi connectivity index (χ0) is 13.9. The van der Waals surface area contributed by atoms with E-state index >= 15 is 0 Å². The Bertz CT molecular complexity index is 569. The molecular weight excluding hydrogens is 252 g/mol. The summed E-state index contributed by atoms with van der Waals surface area (Å²) in [6.45, 7) is 2.60. The molecule has 1 aliphatic carbocycles. The lowest BCUT2D eigenvalue weighted by molar-refractivity contribution is -0.115. The molecule has 1 amide bonds. The number of hydrogen-bond acceptors (Lipinski definition) is 3. The number of nitrogens with one attached hydrogen (secondary N) is 1. The van der Waals surface area contributed by atoms with Gasteiger partial charge in [-0.25, -0.2) is 4.99 Å². The van der Waals surface area contributed by atoms with Gasteiger partial charge in [-0.1, -0.05) is 18.6 Å². The molecule has 3 rings (SSSR count). The number of hydrogen-bond donors (Lipinski definition) is 1. The number of benzene rings is 1. The third-order valence-electron chi connectivity index (χ3n) is 3.70. The highest BCUT2D eigenvalue weighted by Crippen LogP contribution is 2.29. The van der Waals surface area contributed by atoms with Gasteiger partial charge in [-0.15, -0.1) is 0 Å². The van der Waals surface area contributed by atoms with Crippen LogP contribution >= 0.6 is 0 Å². The maximum absolute atomic E-state index is 11.9. The largest absolute Gasteiger partial charge is 0.494 e. The van der Waals surface area contributed by atoms with Gasteiger partial charge in [0.1, 0.15) is 17.3 Å². The highest BCUT2D eigenvalue weighted by atomic mass is 16.5. The Kier molecular flexibility index (Phi) is 3.54. The summed E-state index contributed by atoms with van der Waals surface area (Å²) in [5.74, 6) is 2.04. The Morgan fingerprint density at radius 2 is 2.10 bits per heavy atom. The van der Waals surface area contributed by atoms with Crippen LogP contribution in [0, 0.1) is 5.92 Å². The number of carbonyl (C=O) groups excluding carboxylic acids is 1. The van der Waals surface area contributed by atoms with Gasteiger partial charge in [-0.05, 0) is 43.5 Å². The first-order valence-corrected chi connectivity index (χ1v) is 7.11. The number of aliphatic imine (C=N–C) groups is 1. The summed E-state index contributed by atoms with van der Waals surface area (Å²) in [6.07, 6.45) is 5.32. The predicted molar refractivity (Wildman–Crippen MR) is 78.5 cm³/mol. The molecule has 0 saturated heterocycles. The number of nitrogens with zero attached hydrogens (tertiary/aromatic N) is 1. The third-order valence-corrected chi connectivity index (χ3v) is 3.70. The van der Waals surface area contributed by atoms with Crippen LogP contribution in [0.15, 0.2) is 35.0 Å². The summed E-state index contributed by atoms with van der Waals surface area (Å²) < 4.78 is 5.40. The maximum Gasteiger partial charge on any atom is 0.275 e. The van der Waals surface area contributed by atoms with E-state index in [2.05, 4.69) is 10.3 Å². The lowest BCUT2D eigenvalue weighted by Gasteiger charge is -2.24. The minimum absolute atomic E-state index is 0.0965. The van der Waals surface area contributed by atoms with Crippen LogP contribution in [0.5, 0.6) is 5.75 Å². The van der Waals surface area contributed by atoms with E-state index in [-0.39, 0.29) is 5.91 Å². The van der Waals surface area contributed by atoms with E-state index < -0.39 is 0 Å². The van der Waals surface area contributed by atoms with Crippen molar-refractivity contribution in [3.8, 4) is 5.75 Å². The van der Waals surface area contributed by atoms with Gasteiger partial charge in [-0.2, -0.15) is 0 Å². The number of rotatable bonds is 4. The molecule has 0 bridgehead atoms. The highest BCUT2D eigenvalue weighted by Gasteiger charge is 2.30. The number of ether oxygens (including phenoxy) is 1. The van der Waals surface area contributed by atoms with E-state index in [1.165, 1.54) is 6.42 Å². The maximum atomic E-state index is 11.9. The number of amides is 1. The molecule has 0 aromatic heterocycles.